The molecule has 546 valence electrons. The first-order chi connectivity index (χ1) is 46.5. The van der Waals surface area contributed by atoms with Gasteiger partial charge in [-0.2, -0.15) is 0 Å². The first-order valence-electron chi connectivity index (χ1n) is 33.4. The lowest BCUT2D eigenvalue weighted by Gasteiger charge is -2.39. The van der Waals surface area contributed by atoms with E-state index >= 15 is 0 Å². The molecule has 10 atom stereocenters. The number of hydrogen-bond donors (Lipinski definition) is 9. The summed E-state index contributed by atoms with van der Waals surface area (Å²) in [6.45, 7) is 18.1. The van der Waals surface area contributed by atoms with Crippen LogP contribution in [0.3, 0.4) is 0 Å². The molecule has 1 spiro atoms. The molecule has 3 heterocycles. The number of nitrogens with one attached hydrogen (secondary N) is 8. The third kappa shape index (κ3) is 35.8. The Kier molecular flexibility index (Phi) is 40.0. The van der Waals surface area contributed by atoms with Crippen LogP contribution in [0.4, 0.5) is 15.3 Å². The van der Waals surface area contributed by atoms with Crippen LogP contribution in [0, 0.1) is 11.8 Å². The Morgan fingerprint density at radius 2 is 1.37 bits per heavy atom. The van der Waals surface area contributed by atoms with Crippen molar-refractivity contribution in [3.05, 3.63) is 65.8 Å². The lowest BCUT2D eigenvalue weighted by Crippen LogP contribution is -2.61. The fourth-order valence-corrected chi connectivity index (χ4v) is 10.6. The van der Waals surface area contributed by atoms with Gasteiger partial charge in [0.25, 0.3) is 0 Å². The van der Waals surface area contributed by atoms with Crippen molar-refractivity contribution in [3.63, 3.8) is 0 Å². The van der Waals surface area contributed by atoms with E-state index in [1.54, 1.807) is 51.1 Å². The Balaban J connectivity index is 1.10. The molecule has 1 aromatic rings. The van der Waals surface area contributed by atoms with Crippen molar-refractivity contribution in [2.24, 2.45) is 17.6 Å². The number of primary amides is 1. The molecule has 30 heteroatoms. The number of allylic oxidation sites excluding steroid dienone is 2. The maximum absolute atomic E-state index is 13.8. The second-order valence-electron chi connectivity index (χ2n) is 24.5. The summed E-state index contributed by atoms with van der Waals surface area (Å²) >= 11 is 3.08. The zero-order valence-electron chi connectivity index (χ0n) is 57.4. The van der Waals surface area contributed by atoms with Gasteiger partial charge in [-0.25, -0.2) is 9.59 Å². The minimum absolute atomic E-state index is 0.0319. The molecule has 1 aromatic carbocycles. The second-order valence-corrected chi connectivity index (χ2v) is 25.0. The number of epoxide rings is 1. The van der Waals surface area contributed by atoms with Gasteiger partial charge in [-0.15, -0.1) is 0 Å². The average molecular weight is 1440 g/mol. The number of alkyl halides is 1. The predicted molar refractivity (Wildman–Crippen MR) is 362 cm³/mol. The monoisotopic (exact) mass is 1440 g/mol. The summed E-state index contributed by atoms with van der Waals surface area (Å²) in [6, 6.07) is 4.89. The lowest BCUT2D eigenvalue weighted by atomic mass is 9.87. The maximum Gasteiger partial charge on any atom is 0.407 e. The highest BCUT2D eigenvalue weighted by Gasteiger charge is 2.51. The molecule has 29 nitrogen and oxygen atoms in total. The Labute approximate surface area is 578 Å². The minimum atomic E-state index is -1.39. The van der Waals surface area contributed by atoms with Crippen LogP contribution in [-0.2, 0) is 92.3 Å². The summed E-state index contributed by atoms with van der Waals surface area (Å²) < 4.78 is 62.0. The molecule has 3 aliphatic rings. The van der Waals surface area contributed by atoms with E-state index < -0.39 is 47.6 Å². The molecule has 4 rings (SSSR count). The van der Waals surface area contributed by atoms with Crippen LogP contribution in [0.1, 0.15) is 105 Å². The van der Waals surface area contributed by atoms with Gasteiger partial charge in [-0.1, -0.05) is 72.6 Å². The fraction of sp³-hybridized carbons (Fsp3) is 0.687. The number of aldehydes is 1. The van der Waals surface area contributed by atoms with Gasteiger partial charge in [0.1, 0.15) is 24.5 Å². The summed E-state index contributed by atoms with van der Waals surface area (Å²) in [5.41, 5.74) is 5.64. The van der Waals surface area contributed by atoms with E-state index in [2.05, 4.69) is 71.5 Å². The summed E-state index contributed by atoms with van der Waals surface area (Å²) in [7, 11) is 0. The van der Waals surface area contributed by atoms with E-state index in [1.165, 1.54) is 13.0 Å². The van der Waals surface area contributed by atoms with Crippen LogP contribution in [-0.4, -0.2) is 232 Å². The van der Waals surface area contributed by atoms with Crippen LogP contribution in [0.5, 0.6) is 0 Å². The average Bonchev–Trinajstić information content (AvgIpc) is 1.63. The number of ether oxygens (including phenoxy) is 11. The standard InChI is InChI=1S/C67H106BrN9O20/c1-46(2)67(44-78,77-60(81)20-25-87-27-29-89-31-33-91-35-36-92-34-32-90-30-28-88-26-24-71-62(83)41-68)43-74-56(9-8-21-72-64(69)85)63(84)75-53-15-13-52(14-16-53)42-93-65(86)73-23-22-70-61(82)38-55-40-66(45-94-66)39-54(97-55)17-10-47(3)11-18-58-48(4)37-57(50(6)96-58)76-59(80)19-12-49(5)95-51(7)79/h10-17,19,44,46,48-50,54-58,74H,8-9,18,20-43,45H2,1-7H3,(H,70,82)(H,71,83)(H,73,86)(H,75,84)(H,76,80)(H,77,81)(H3,69,72,85)/b17-10+,19-12-,47-11+/t48-,49-,50+,54+,55+,56-,57+,58-,66+,67+/m0/s1. The molecule has 0 radical (unpaired) electrons. The molecule has 0 aliphatic carbocycles. The third-order valence-corrected chi connectivity index (χ3v) is 16.5. The van der Waals surface area contributed by atoms with Crippen molar-refractivity contribution < 1.29 is 95.3 Å². The normalized spacial score (nSPS) is 21.3. The number of alkyl carbamates (subject to hydrolysis) is 1. The first kappa shape index (κ1) is 83.0. The van der Waals surface area contributed by atoms with Crippen molar-refractivity contribution >= 4 is 75.5 Å². The molecule has 3 saturated heterocycles. The van der Waals surface area contributed by atoms with E-state index in [-0.39, 0.29) is 143 Å². The number of anilines is 1. The molecule has 8 amide bonds. The van der Waals surface area contributed by atoms with E-state index in [0.29, 0.717) is 116 Å². The number of rotatable bonds is 49. The summed E-state index contributed by atoms with van der Waals surface area (Å²) in [4.78, 5) is 112. The molecule has 0 aromatic heterocycles. The number of carbonyl (C=O) groups is 9. The highest BCUT2D eigenvalue weighted by atomic mass is 79.9. The maximum atomic E-state index is 13.8. The van der Waals surface area contributed by atoms with Gasteiger partial charge >= 0.3 is 18.1 Å². The number of halogens is 1. The number of nitrogens with two attached hydrogens (primary N) is 1. The number of esters is 1. The molecular weight excluding hydrogens is 1330 g/mol. The lowest BCUT2D eigenvalue weighted by molar-refractivity contribution is -0.143. The molecular formula is C67H106BrN9O20. The van der Waals surface area contributed by atoms with E-state index in [0.717, 1.165) is 12.0 Å². The van der Waals surface area contributed by atoms with Crippen LogP contribution in [0.15, 0.2) is 60.2 Å². The second kappa shape index (κ2) is 46.8. The number of benzene rings is 1. The van der Waals surface area contributed by atoms with Gasteiger partial charge in [0.05, 0.1) is 140 Å². The highest BCUT2D eigenvalue weighted by molar-refractivity contribution is 9.09. The fourth-order valence-electron chi connectivity index (χ4n) is 10.4. The Bertz CT molecular complexity index is 2670. The van der Waals surface area contributed by atoms with Gasteiger partial charge in [0.15, 0.2) is 0 Å². The molecule has 10 N–H and O–H groups in total. The Morgan fingerprint density at radius 3 is 1.97 bits per heavy atom. The molecule has 3 fully saturated rings. The number of amides is 8. The topological polar surface area (TPSA) is 381 Å². The quantitative estimate of drug-likeness (QED) is 0.00857. The van der Waals surface area contributed by atoms with Crippen LogP contribution < -0.4 is 48.3 Å². The zero-order chi connectivity index (χ0) is 70.9. The van der Waals surface area contributed by atoms with Crippen molar-refractivity contribution in [2.45, 2.75) is 160 Å². The van der Waals surface area contributed by atoms with Crippen molar-refractivity contribution in [1.82, 2.24) is 37.2 Å². The zero-order valence-corrected chi connectivity index (χ0v) is 59.0. The smallest absolute Gasteiger partial charge is 0.407 e. The SMILES string of the molecule is CC(=O)O[C@@H](C)/C=C\C(=O)N[C@@H]1C[C@H](C)[C@H](C/C=C(C)/C=C/[C@@H]2C[C@]3(CO3)C[C@@H](CC(=O)NCCNC(=O)OCc3ccc(NC(=O)[C@H](CCCNC(N)=O)NC[C@](C=O)(NC(=O)CCOCCOCCOCCOCCOCCOCCNC(=O)CBr)C(C)C)cc3)O2)O[C@@H]1C. The molecule has 97 heavy (non-hydrogen) atoms. The summed E-state index contributed by atoms with van der Waals surface area (Å²) in [5, 5.41) is 22.8. The van der Waals surface area contributed by atoms with Gasteiger partial charge in [-0.05, 0) is 82.1 Å². The van der Waals surface area contributed by atoms with Gasteiger partial charge in [0, 0.05) is 70.7 Å². The Morgan fingerprint density at radius 1 is 0.753 bits per heavy atom. The van der Waals surface area contributed by atoms with E-state index in [4.69, 9.17) is 57.8 Å². The number of carbonyl (C=O) groups excluding carboxylic acids is 9. The summed E-state index contributed by atoms with van der Waals surface area (Å²) in [6.07, 6.45) is 11.0. The largest absolute Gasteiger partial charge is 0.459 e. The third-order valence-electron chi connectivity index (χ3n) is 16.0. The molecule has 0 bridgehead atoms. The van der Waals surface area contributed by atoms with Crippen molar-refractivity contribution in [1.29, 1.82) is 0 Å². The molecule has 0 unspecified atom stereocenters. The number of urea groups is 1. The van der Waals surface area contributed by atoms with Crippen molar-refractivity contribution in [2.75, 3.05) is 129 Å². The molecule has 3 aliphatic heterocycles. The van der Waals surface area contributed by atoms with Gasteiger partial charge < -0.3 is 105 Å². The first-order valence-corrected chi connectivity index (χ1v) is 34.5. The Hall–Kier alpha value is -6.45. The number of hydrogen-bond acceptors (Lipinski definition) is 21. The van der Waals surface area contributed by atoms with E-state index in [9.17, 15) is 43.2 Å². The highest BCUT2D eigenvalue weighted by Crippen LogP contribution is 2.43. The van der Waals surface area contributed by atoms with Crippen LogP contribution in [0.25, 0.3) is 0 Å². The van der Waals surface area contributed by atoms with Gasteiger partial charge in [-0.3, -0.25) is 28.8 Å². The van der Waals surface area contributed by atoms with Crippen molar-refractivity contribution in [3.8, 4) is 0 Å². The minimum Gasteiger partial charge on any atom is -0.459 e. The van der Waals surface area contributed by atoms with Crippen LogP contribution in [0.2, 0.25) is 0 Å². The van der Waals surface area contributed by atoms with E-state index in [1.807, 2.05) is 26.0 Å². The summed E-state index contributed by atoms with van der Waals surface area (Å²) in [5.74, 6) is -2.09. The molecule has 0 saturated carbocycles. The van der Waals surface area contributed by atoms with Crippen LogP contribution >= 0.6 is 15.9 Å². The predicted octanol–water partition coefficient (Wildman–Crippen LogP) is 3.49. The van der Waals surface area contributed by atoms with Gasteiger partial charge in [0.2, 0.25) is 29.5 Å².